The summed E-state index contributed by atoms with van der Waals surface area (Å²) in [7, 11) is 2.10. The maximum absolute atomic E-state index is 5.94. The van der Waals surface area contributed by atoms with Crippen molar-refractivity contribution in [3.8, 4) is 0 Å². The first kappa shape index (κ1) is 9.74. The van der Waals surface area contributed by atoms with E-state index in [9.17, 15) is 0 Å². The molecule has 0 saturated carbocycles. The van der Waals surface area contributed by atoms with Gasteiger partial charge in [-0.1, -0.05) is 0 Å². The van der Waals surface area contributed by atoms with Crippen LogP contribution in [0.4, 0.5) is 0 Å². The van der Waals surface area contributed by atoms with E-state index in [-0.39, 0.29) is 0 Å². The van der Waals surface area contributed by atoms with Gasteiger partial charge in [-0.05, 0) is 31.5 Å². The zero-order valence-corrected chi connectivity index (χ0v) is 8.82. The molecular formula is C11H19N3. The van der Waals surface area contributed by atoms with Crippen LogP contribution < -0.4 is 5.73 Å². The van der Waals surface area contributed by atoms with Crippen molar-refractivity contribution in [2.75, 3.05) is 13.1 Å². The van der Waals surface area contributed by atoms with Gasteiger partial charge < -0.3 is 10.3 Å². The van der Waals surface area contributed by atoms with Gasteiger partial charge in [0.25, 0.3) is 0 Å². The van der Waals surface area contributed by atoms with Crippen LogP contribution in [0.5, 0.6) is 0 Å². The second kappa shape index (κ2) is 4.15. The molecule has 1 aliphatic rings. The van der Waals surface area contributed by atoms with Crippen molar-refractivity contribution in [1.82, 2.24) is 9.47 Å². The van der Waals surface area contributed by atoms with Crippen molar-refractivity contribution in [1.29, 1.82) is 0 Å². The number of aryl methyl sites for hydroxylation is 1. The SMILES string of the molecule is Cn1cccc1CN1CCC[C@H](N)C1. The summed E-state index contributed by atoms with van der Waals surface area (Å²) >= 11 is 0. The third-order valence-electron chi connectivity index (χ3n) is 2.98. The van der Waals surface area contributed by atoms with Gasteiger partial charge in [-0.3, -0.25) is 4.90 Å². The van der Waals surface area contributed by atoms with E-state index in [1.165, 1.54) is 25.1 Å². The highest BCUT2D eigenvalue weighted by atomic mass is 15.2. The molecule has 2 heterocycles. The van der Waals surface area contributed by atoms with E-state index < -0.39 is 0 Å². The molecule has 0 aromatic carbocycles. The number of aromatic nitrogens is 1. The fourth-order valence-corrected chi connectivity index (χ4v) is 2.12. The molecule has 2 rings (SSSR count). The van der Waals surface area contributed by atoms with Crippen molar-refractivity contribution < 1.29 is 0 Å². The topological polar surface area (TPSA) is 34.2 Å². The minimum Gasteiger partial charge on any atom is -0.353 e. The van der Waals surface area contributed by atoms with Crippen LogP contribution in [0.3, 0.4) is 0 Å². The van der Waals surface area contributed by atoms with Gasteiger partial charge in [-0.15, -0.1) is 0 Å². The molecule has 1 atom stereocenters. The molecule has 0 unspecified atom stereocenters. The Labute approximate surface area is 85.5 Å². The van der Waals surface area contributed by atoms with Gasteiger partial charge >= 0.3 is 0 Å². The predicted molar refractivity (Wildman–Crippen MR) is 57.9 cm³/mol. The van der Waals surface area contributed by atoms with E-state index in [4.69, 9.17) is 5.73 Å². The highest BCUT2D eigenvalue weighted by molar-refractivity contribution is 5.06. The van der Waals surface area contributed by atoms with E-state index in [2.05, 4.69) is 34.8 Å². The number of likely N-dealkylation sites (tertiary alicyclic amines) is 1. The fourth-order valence-electron chi connectivity index (χ4n) is 2.12. The number of hydrogen-bond acceptors (Lipinski definition) is 2. The standard InChI is InChI=1S/C11H19N3/c1-13-6-3-5-11(13)9-14-7-2-4-10(12)8-14/h3,5-6,10H,2,4,7-9,12H2,1H3/t10-/m0/s1. The summed E-state index contributed by atoms with van der Waals surface area (Å²) in [6, 6.07) is 4.66. The van der Waals surface area contributed by atoms with Crippen LogP contribution in [0.25, 0.3) is 0 Å². The zero-order valence-electron chi connectivity index (χ0n) is 8.82. The van der Waals surface area contributed by atoms with Crippen LogP contribution in [0.2, 0.25) is 0 Å². The maximum Gasteiger partial charge on any atom is 0.0387 e. The summed E-state index contributed by atoms with van der Waals surface area (Å²) in [6.45, 7) is 3.28. The third kappa shape index (κ3) is 2.16. The second-order valence-electron chi connectivity index (χ2n) is 4.25. The van der Waals surface area contributed by atoms with Crippen molar-refractivity contribution in [2.45, 2.75) is 25.4 Å². The van der Waals surface area contributed by atoms with Crippen molar-refractivity contribution in [3.05, 3.63) is 24.0 Å². The van der Waals surface area contributed by atoms with Gasteiger partial charge in [0, 0.05) is 38.1 Å². The number of piperidine rings is 1. The molecule has 1 fully saturated rings. The minimum atomic E-state index is 0.379. The Bertz CT molecular complexity index is 292. The van der Waals surface area contributed by atoms with Crippen LogP contribution >= 0.6 is 0 Å². The first-order chi connectivity index (χ1) is 6.75. The van der Waals surface area contributed by atoms with E-state index in [1.807, 2.05) is 0 Å². The lowest BCUT2D eigenvalue weighted by atomic mass is 10.1. The summed E-state index contributed by atoms with van der Waals surface area (Å²) in [5.41, 5.74) is 7.32. The van der Waals surface area contributed by atoms with Gasteiger partial charge in [0.1, 0.15) is 0 Å². The van der Waals surface area contributed by atoms with Gasteiger partial charge in [0.15, 0.2) is 0 Å². The molecule has 0 amide bonds. The lowest BCUT2D eigenvalue weighted by Gasteiger charge is -2.30. The van der Waals surface area contributed by atoms with Gasteiger partial charge in [0.2, 0.25) is 0 Å². The first-order valence-corrected chi connectivity index (χ1v) is 5.34. The van der Waals surface area contributed by atoms with Crippen LogP contribution in [-0.2, 0) is 13.6 Å². The molecule has 1 aromatic rings. The largest absolute Gasteiger partial charge is 0.353 e. The van der Waals surface area contributed by atoms with E-state index in [0.29, 0.717) is 6.04 Å². The lowest BCUT2D eigenvalue weighted by Crippen LogP contribution is -2.42. The van der Waals surface area contributed by atoms with Crippen LogP contribution in [0, 0.1) is 0 Å². The molecule has 0 spiro atoms. The Morgan fingerprint density at radius 1 is 1.57 bits per heavy atom. The molecule has 0 bridgehead atoms. The average Bonchev–Trinajstić information content (AvgIpc) is 2.52. The molecule has 78 valence electrons. The summed E-state index contributed by atoms with van der Waals surface area (Å²) in [6.07, 6.45) is 4.52. The van der Waals surface area contributed by atoms with E-state index in [1.54, 1.807) is 0 Å². The number of nitrogens with two attached hydrogens (primary N) is 1. The number of nitrogens with zero attached hydrogens (tertiary/aromatic N) is 2. The van der Waals surface area contributed by atoms with Crippen molar-refractivity contribution in [2.24, 2.45) is 12.8 Å². The number of hydrogen-bond donors (Lipinski definition) is 1. The quantitative estimate of drug-likeness (QED) is 0.758. The average molecular weight is 193 g/mol. The highest BCUT2D eigenvalue weighted by Crippen LogP contribution is 2.12. The molecule has 2 N–H and O–H groups in total. The maximum atomic E-state index is 5.94. The molecule has 1 aromatic heterocycles. The lowest BCUT2D eigenvalue weighted by molar-refractivity contribution is 0.198. The van der Waals surface area contributed by atoms with Crippen molar-refractivity contribution in [3.63, 3.8) is 0 Å². The highest BCUT2D eigenvalue weighted by Gasteiger charge is 2.16. The molecule has 1 saturated heterocycles. The van der Waals surface area contributed by atoms with Gasteiger partial charge in [-0.2, -0.15) is 0 Å². The third-order valence-corrected chi connectivity index (χ3v) is 2.98. The summed E-state index contributed by atoms with van der Waals surface area (Å²) in [4.78, 5) is 2.45. The predicted octanol–water partition coefficient (Wildman–Crippen LogP) is 0.948. The van der Waals surface area contributed by atoms with Crippen LogP contribution in [0.1, 0.15) is 18.5 Å². The second-order valence-corrected chi connectivity index (χ2v) is 4.25. The smallest absolute Gasteiger partial charge is 0.0387 e. The normalized spacial score (nSPS) is 24.0. The molecule has 3 nitrogen and oxygen atoms in total. The summed E-state index contributed by atoms with van der Waals surface area (Å²) in [5.74, 6) is 0. The molecule has 3 heteroatoms. The van der Waals surface area contributed by atoms with Gasteiger partial charge in [-0.25, -0.2) is 0 Å². The zero-order chi connectivity index (χ0) is 9.97. The monoisotopic (exact) mass is 193 g/mol. The first-order valence-electron chi connectivity index (χ1n) is 5.34. The van der Waals surface area contributed by atoms with Crippen molar-refractivity contribution >= 4 is 0 Å². The molecule has 0 radical (unpaired) electrons. The Balaban J connectivity index is 1.94. The fraction of sp³-hybridized carbons (Fsp3) is 0.636. The summed E-state index contributed by atoms with van der Waals surface area (Å²) < 4.78 is 2.18. The summed E-state index contributed by atoms with van der Waals surface area (Å²) in [5, 5.41) is 0. The molecular weight excluding hydrogens is 174 g/mol. The van der Waals surface area contributed by atoms with Gasteiger partial charge in [0.05, 0.1) is 0 Å². The molecule has 14 heavy (non-hydrogen) atoms. The molecule has 1 aliphatic heterocycles. The minimum absolute atomic E-state index is 0.379. The Hall–Kier alpha value is -0.800. The number of rotatable bonds is 2. The van der Waals surface area contributed by atoms with Crippen LogP contribution in [0.15, 0.2) is 18.3 Å². The van der Waals surface area contributed by atoms with Crippen LogP contribution in [-0.4, -0.2) is 28.6 Å². The molecule has 0 aliphatic carbocycles. The Kier molecular flexibility index (Phi) is 2.89. The Morgan fingerprint density at radius 3 is 3.07 bits per heavy atom. The van der Waals surface area contributed by atoms with E-state index in [0.717, 1.165) is 13.1 Å². The Morgan fingerprint density at radius 2 is 2.43 bits per heavy atom. The van der Waals surface area contributed by atoms with E-state index >= 15 is 0 Å².